The van der Waals surface area contributed by atoms with Gasteiger partial charge in [0, 0.05) is 31.3 Å². The first-order valence-electron chi connectivity index (χ1n) is 6.78. The van der Waals surface area contributed by atoms with Crippen LogP contribution in [-0.2, 0) is 0 Å². The van der Waals surface area contributed by atoms with Crippen LogP contribution in [0.1, 0.15) is 37.6 Å². The summed E-state index contributed by atoms with van der Waals surface area (Å²) < 4.78 is 0. The fourth-order valence-electron chi connectivity index (χ4n) is 1.72. The second-order valence-corrected chi connectivity index (χ2v) is 5.45. The standard InChI is InChI=1S/C14H20ClN3O3/c1-5-6-16-13-11(15)7-10(8-12(13)18(20)21)14(19)17(4)9(2)3/h7-9,16H,5-6H2,1-4H3. The number of carbonyl (C=O) groups is 1. The van der Waals surface area contributed by atoms with E-state index in [0.29, 0.717) is 6.54 Å². The maximum absolute atomic E-state index is 12.3. The van der Waals surface area contributed by atoms with Crippen LogP contribution in [0.15, 0.2) is 12.1 Å². The summed E-state index contributed by atoms with van der Waals surface area (Å²) in [5.74, 6) is -0.294. The highest BCUT2D eigenvalue weighted by molar-refractivity contribution is 6.34. The van der Waals surface area contributed by atoms with Gasteiger partial charge < -0.3 is 10.2 Å². The third kappa shape index (κ3) is 4.07. The van der Waals surface area contributed by atoms with Gasteiger partial charge in [-0.05, 0) is 26.3 Å². The SMILES string of the molecule is CCCNc1c(Cl)cc(C(=O)N(C)C(C)C)cc1[N+](=O)[O-]. The zero-order valence-corrected chi connectivity index (χ0v) is 13.4. The number of amides is 1. The predicted octanol–water partition coefficient (Wildman–Crippen LogP) is 3.55. The largest absolute Gasteiger partial charge is 0.378 e. The van der Waals surface area contributed by atoms with Gasteiger partial charge in [-0.25, -0.2) is 0 Å². The minimum absolute atomic E-state index is 0.00627. The topological polar surface area (TPSA) is 75.5 Å². The van der Waals surface area contributed by atoms with Gasteiger partial charge in [0.05, 0.1) is 9.95 Å². The summed E-state index contributed by atoms with van der Waals surface area (Å²) >= 11 is 6.11. The molecule has 0 aromatic heterocycles. The van der Waals surface area contributed by atoms with E-state index in [0.717, 1.165) is 6.42 Å². The molecule has 0 spiro atoms. The Balaban J connectivity index is 3.27. The molecule has 21 heavy (non-hydrogen) atoms. The van der Waals surface area contributed by atoms with Crippen molar-refractivity contribution in [3.05, 3.63) is 32.8 Å². The summed E-state index contributed by atoms with van der Waals surface area (Å²) in [7, 11) is 1.65. The number of halogens is 1. The van der Waals surface area contributed by atoms with Gasteiger partial charge in [0.15, 0.2) is 0 Å². The quantitative estimate of drug-likeness (QED) is 0.643. The van der Waals surface area contributed by atoms with Gasteiger partial charge in [-0.15, -0.1) is 0 Å². The van der Waals surface area contributed by atoms with Crippen molar-refractivity contribution in [2.45, 2.75) is 33.2 Å². The molecular formula is C14H20ClN3O3. The van der Waals surface area contributed by atoms with Crippen molar-refractivity contribution in [1.29, 1.82) is 0 Å². The summed E-state index contributed by atoms with van der Waals surface area (Å²) in [4.78, 5) is 24.4. The van der Waals surface area contributed by atoms with Gasteiger partial charge in [0.1, 0.15) is 5.69 Å². The van der Waals surface area contributed by atoms with Gasteiger partial charge in [-0.2, -0.15) is 0 Å². The smallest absolute Gasteiger partial charge is 0.294 e. The highest BCUT2D eigenvalue weighted by atomic mass is 35.5. The molecule has 0 fully saturated rings. The number of nitro groups is 1. The number of hydrogen-bond donors (Lipinski definition) is 1. The summed E-state index contributed by atoms with van der Waals surface area (Å²) in [6.07, 6.45) is 0.810. The second-order valence-electron chi connectivity index (χ2n) is 5.05. The van der Waals surface area contributed by atoms with Crippen LogP contribution in [0.25, 0.3) is 0 Å². The molecule has 1 aromatic carbocycles. The second kappa shape index (κ2) is 7.26. The molecule has 1 aromatic rings. The Morgan fingerprint density at radius 2 is 2.10 bits per heavy atom. The minimum atomic E-state index is -0.532. The summed E-state index contributed by atoms with van der Waals surface area (Å²) in [5.41, 5.74) is 0.286. The van der Waals surface area contributed by atoms with Gasteiger partial charge in [-0.1, -0.05) is 18.5 Å². The monoisotopic (exact) mass is 313 g/mol. The number of nitro benzene ring substituents is 1. The molecule has 1 N–H and O–H groups in total. The Hall–Kier alpha value is -1.82. The number of anilines is 1. The van der Waals surface area contributed by atoms with E-state index in [4.69, 9.17) is 11.6 Å². The van der Waals surface area contributed by atoms with Gasteiger partial charge in [0.2, 0.25) is 0 Å². The van der Waals surface area contributed by atoms with Crippen molar-refractivity contribution in [3.63, 3.8) is 0 Å². The fourth-order valence-corrected chi connectivity index (χ4v) is 2.00. The molecule has 6 nitrogen and oxygen atoms in total. The van der Waals surface area contributed by atoms with Crippen molar-refractivity contribution in [2.75, 3.05) is 18.9 Å². The number of rotatable bonds is 6. The van der Waals surface area contributed by atoms with Crippen LogP contribution < -0.4 is 5.32 Å². The highest BCUT2D eigenvalue weighted by Crippen LogP contribution is 2.34. The maximum atomic E-state index is 12.3. The first-order valence-corrected chi connectivity index (χ1v) is 7.16. The Morgan fingerprint density at radius 1 is 1.48 bits per heavy atom. The molecule has 0 unspecified atom stereocenters. The number of hydrogen-bond acceptors (Lipinski definition) is 4. The van der Waals surface area contributed by atoms with Crippen molar-refractivity contribution in [1.82, 2.24) is 4.90 Å². The lowest BCUT2D eigenvalue weighted by Crippen LogP contribution is -2.33. The fraction of sp³-hybridized carbons (Fsp3) is 0.500. The van der Waals surface area contributed by atoms with Crippen LogP contribution in [0.5, 0.6) is 0 Å². The molecule has 0 atom stereocenters. The summed E-state index contributed by atoms with van der Waals surface area (Å²) in [5, 5.41) is 14.3. The molecule has 0 radical (unpaired) electrons. The van der Waals surface area contributed by atoms with E-state index < -0.39 is 4.92 Å². The van der Waals surface area contributed by atoms with Crippen molar-refractivity contribution >= 4 is 28.9 Å². The Morgan fingerprint density at radius 3 is 2.57 bits per heavy atom. The third-order valence-electron chi connectivity index (χ3n) is 3.16. The Labute approximate surface area is 129 Å². The van der Waals surface area contributed by atoms with Crippen LogP contribution in [0.4, 0.5) is 11.4 Å². The first kappa shape index (κ1) is 17.2. The average molecular weight is 314 g/mol. The highest BCUT2D eigenvalue weighted by Gasteiger charge is 2.23. The first-order chi connectivity index (χ1) is 9.79. The minimum Gasteiger partial charge on any atom is -0.378 e. The molecule has 7 heteroatoms. The molecule has 1 rings (SSSR count). The van der Waals surface area contributed by atoms with Crippen molar-refractivity contribution < 1.29 is 9.72 Å². The summed E-state index contributed by atoms with van der Waals surface area (Å²) in [6, 6.07) is 2.73. The number of nitrogens with zero attached hydrogens (tertiary/aromatic N) is 2. The van der Waals surface area contributed by atoms with E-state index in [9.17, 15) is 14.9 Å². The van der Waals surface area contributed by atoms with Gasteiger partial charge in [0.25, 0.3) is 11.6 Å². The molecule has 0 saturated carbocycles. The van der Waals surface area contributed by atoms with E-state index in [1.807, 2.05) is 20.8 Å². The zero-order valence-electron chi connectivity index (χ0n) is 12.6. The van der Waals surface area contributed by atoms with Crippen LogP contribution >= 0.6 is 11.6 Å². The molecule has 0 heterocycles. The molecule has 0 aliphatic rings. The maximum Gasteiger partial charge on any atom is 0.294 e. The van der Waals surface area contributed by atoms with Gasteiger partial charge in [-0.3, -0.25) is 14.9 Å². The zero-order chi connectivity index (χ0) is 16.2. The van der Waals surface area contributed by atoms with E-state index in [-0.39, 0.29) is 33.9 Å². The third-order valence-corrected chi connectivity index (χ3v) is 3.46. The van der Waals surface area contributed by atoms with Crippen LogP contribution in [0, 0.1) is 10.1 Å². The Kier molecular flexibility index (Phi) is 5.96. The molecule has 0 saturated heterocycles. The predicted molar refractivity (Wildman–Crippen MR) is 84.1 cm³/mol. The van der Waals surface area contributed by atoms with Crippen LogP contribution in [0.3, 0.4) is 0 Å². The average Bonchev–Trinajstić information content (AvgIpc) is 2.43. The molecule has 0 aliphatic heterocycles. The van der Waals surface area contributed by atoms with E-state index >= 15 is 0 Å². The normalized spacial score (nSPS) is 10.6. The number of benzene rings is 1. The lowest BCUT2D eigenvalue weighted by molar-refractivity contribution is -0.384. The molecular weight excluding hydrogens is 294 g/mol. The lowest BCUT2D eigenvalue weighted by atomic mass is 10.1. The van der Waals surface area contributed by atoms with Crippen molar-refractivity contribution in [2.24, 2.45) is 0 Å². The van der Waals surface area contributed by atoms with E-state index in [1.54, 1.807) is 7.05 Å². The number of carbonyl (C=O) groups excluding carboxylic acids is 1. The number of nitrogens with one attached hydrogen (secondary N) is 1. The van der Waals surface area contributed by atoms with Crippen LogP contribution in [-0.4, -0.2) is 35.4 Å². The van der Waals surface area contributed by atoms with E-state index in [1.165, 1.54) is 17.0 Å². The summed E-state index contributed by atoms with van der Waals surface area (Å²) in [6.45, 7) is 6.25. The lowest BCUT2D eigenvalue weighted by Gasteiger charge is -2.21. The van der Waals surface area contributed by atoms with E-state index in [2.05, 4.69) is 5.32 Å². The molecule has 0 aliphatic carbocycles. The molecule has 0 bridgehead atoms. The van der Waals surface area contributed by atoms with Gasteiger partial charge >= 0.3 is 0 Å². The molecule has 1 amide bonds. The van der Waals surface area contributed by atoms with Crippen LogP contribution in [0.2, 0.25) is 5.02 Å². The molecule has 116 valence electrons. The Bertz CT molecular complexity index is 547. The van der Waals surface area contributed by atoms with Crippen molar-refractivity contribution in [3.8, 4) is 0 Å².